The Labute approximate surface area is 148 Å². The summed E-state index contributed by atoms with van der Waals surface area (Å²) in [5, 5.41) is 14.8. The first-order valence-electron chi connectivity index (χ1n) is 8.06. The third-order valence-corrected chi connectivity index (χ3v) is 3.99. The van der Waals surface area contributed by atoms with E-state index in [0.717, 1.165) is 10.2 Å². The molecule has 0 bridgehead atoms. The monoisotopic (exact) mass is 348 g/mol. The molecule has 0 saturated carbocycles. The molecule has 1 amide bonds. The zero-order chi connectivity index (χ0) is 18.5. The van der Waals surface area contributed by atoms with Crippen LogP contribution in [0.2, 0.25) is 0 Å². The van der Waals surface area contributed by atoms with E-state index in [1.54, 1.807) is 42.5 Å². The van der Waals surface area contributed by atoms with Crippen molar-refractivity contribution in [2.24, 2.45) is 0 Å². The molecule has 0 unspecified atom stereocenters. The van der Waals surface area contributed by atoms with Crippen LogP contribution in [0.25, 0.3) is 10.8 Å². The van der Waals surface area contributed by atoms with Crippen LogP contribution in [-0.2, 0) is 17.9 Å². The van der Waals surface area contributed by atoms with Crippen LogP contribution in [0.5, 0.6) is 0 Å². The number of aromatic amines is 1. The van der Waals surface area contributed by atoms with Crippen LogP contribution in [0, 0.1) is 11.3 Å². The second-order valence-corrected chi connectivity index (χ2v) is 5.78. The zero-order valence-corrected chi connectivity index (χ0v) is 13.9. The molecule has 0 radical (unpaired) electrons. The molecule has 1 aromatic heterocycles. The number of nitrogens with one attached hydrogen (secondary N) is 2. The maximum Gasteiger partial charge on any atom is 0.273 e. The largest absolute Gasteiger partial charge is 0.352 e. The van der Waals surface area contributed by atoms with Crippen LogP contribution < -0.4 is 16.4 Å². The lowest BCUT2D eigenvalue weighted by Gasteiger charge is -2.08. The van der Waals surface area contributed by atoms with Crippen molar-refractivity contribution in [1.82, 2.24) is 15.1 Å². The van der Waals surface area contributed by atoms with E-state index in [2.05, 4.69) is 10.4 Å². The number of H-pyrrole nitrogens is 1. The fourth-order valence-corrected chi connectivity index (χ4v) is 2.66. The summed E-state index contributed by atoms with van der Waals surface area (Å²) in [6.07, 6.45) is 0.0477. The molecular formula is C19H16N4O3. The number of aryl methyl sites for hydroxylation is 1. The minimum atomic E-state index is -0.367. The predicted molar refractivity (Wildman–Crippen MR) is 96.4 cm³/mol. The number of fused-ring (bicyclic) bond motifs is 1. The molecule has 3 rings (SSSR count). The fourth-order valence-electron chi connectivity index (χ4n) is 2.66. The summed E-state index contributed by atoms with van der Waals surface area (Å²) in [5.41, 5.74) is 0.634. The van der Waals surface area contributed by atoms with Crippen LogP contribution in [0.4, 0.5) is 0 Å². The number of benzene rings is 2. The van der Waals surface area contributed by atoms with Crippen LogP contribution >= 0.6 is 0 Å². The van der Waals surface area contributed by atoms with E-state index in [1.807, 2.05) is 12.1 Å². The Morgan fingerprint density at radius 2 is 1.88 bits per heavy atom. The first-order valence-corrected chi connectivity index (χ1v) is 8.06. The van der Waals surface area contributed by atoms with Gasteiger partial charge in [-0.2, -0.15) is 5.26 Å². The number of nitrogens with zero attached hydrogens (tertiary/aromatic N) is 2. The van der Waals surface area contributed by atoms with E-state index in [9.17, 15) is 14.4 Å². The van der Waals surface area contributed by atoms with E-state index < -0.39 is 0 Å². The standard InChI is InChI=1S/C19H16N4O3/c20-11-13-4-3-5-14(10-13)12-21-17(24)8-9-23-19(26)16-7-2-1-6-15(16)18(25)22-23/h1-7,10H,8-9,12H2,(H,21,24)(H,22,25). The first kappa shape index (κ1) is 17.2. The predicted octanol–water partition coefficient (Wildman–Crippen LogP) is 1.27. The van der Waals surface area contributed by atoms with Crippen molar-refractivity contribution < 1.29 is 4.79 Å². The van der Waals surface area contributed by atoms with Crippen molar-refractivity contribution in [3.8, 4) is 6.07 Å². The molecule has 1 heterocycles. The Bertz CT molecular complexity index is 1120. The highest BCUT2D eigenvalue weighted by Gasteiger charge is 2.08. The normalized spacial score (nSPS) is 10.4. The molecule has 0 aliphatic heterocycles. The summed E-state index contributed by atoms with van der Waals surface area (Å²) in [6, 6.07) is 15.5. The average molecular weight is 348 g/mol. The molecule has 0 aliphatic carbocycles. The molecule has 130 valence electrons. The molecule has 7 nitrogen and oxygen atoms in total. The van der Waals surface area contributed by atoms with Crippen molar-refractivity contribution in [3.63, 3.8) is 0 Å². The van der Waals surface area contributed by atoms with Gasteiger partial charge in [0.05, 0.1) is 28.9 Å². The fraction of sp³-hybridized carbons (Fsp3) is 0.158. The van der Waals surface area contributed by atoms with Gasteiger partial charge in [0.1, 0.15) is 0 Å². The highest BCUT2D eigenvalue weighted by Crippen LogP contribution is 2.04. The van der Waals surface area contributed by atoms with Crippen molar-refractivity contribution in [2.75, 3.05) is 0 Å². The summed E-state index contributed by atoms with van der Waals surface area (Å²) in [4.78, 5) is 36.4. The number of carbonyl (C=O) groups is 1. The molecule has 2 N–H and O–H groups in total. The number of hydrogen-bond acceptors (Lipinski definition) is 4. The van der Waals surface area contributed by atoms with Crippen molar-refractivity contribution in [3.05, 3.63) is 80.4 Å². The Hall–Kier alpha value is -3.66. The molecule has 0 atom stereocenters. The van der Waals surface area contributed by atoms with E-state index in [-0.39, 0.29) is 36.5 Å². The maximum absolute atomic E-state index is 12.4. The van der Waals surface area contributed by atoms with Gasteiger partial charge in [-0.25, -0.2) is 4.68 Å². The lowest BCUT2D eigenvalue weighted by molar-refractivity contribution is -0.121. The second kappa shape index (κ2) is 7.49. The van der Waals surface area contributed by atoms with Crippen LogP contribution in [0.1, 0.15) is 17.5 Å². The van der Waals surface area contributed by atoms with Crippen molar-refractivity contribution in [2.45, 2.75) is 19.5 Å². The summed E-state index contributed by atoms with van der Waals surface area (Å²) >= 11 is 0. The van der Waals surface area contributed by atoms with Gasteiger partial charge >= 0.3 is 0 Å². The molecule has 7 heteroatoms. The summed E-state index contributed by atoms with van der Waals surface area (Å²) < 4.78 is 1.15. The zero-order valence-electron chi connectivity index (χ0n) is 13.9. The van der Waals surface area contributed by atoms with E-state index in [4.69, 9.17) is 5.26 Å². The van der Waals surface area contributed by atoms with Gasteiger partial charge in [-0.05, 0) is 29.8 Å². The van der Waals surface area contributed by atoms with Gasteiger partial charge in [0, 0.05) is 13.0 Å². The smallest absolute Gasteiger partial charge is 0.273 e. The summed E-state index contributed by atoms with van der Waals surface area (Å²) in [5.74, 6) is -0.256. The highest BCUT2D eigenvalue weighted by molar-refractivity contribution is 5.80. The van der Waals surface area contributed by atoms with Gasteiger partial charge in [-0.3, -0.25) is 19.5 Å². The molecule has 2 aromatic carbocycles. The number of hydrogen-bond donors (Lipinski definition) is 2. The van der Waals surface area contributed by atoms with Crippen LogP contribution in [0.3, 0.4) is 0 Å². The lowest BCUT2D eigenvalue weighted by Crippen LogP contribution is -2.32. The number of amides is 1. The molecule has 0 fully saturated rings. The Kier molecular flexibility index (Phi) is 4.94. The quantitative estimate of drug-likeness (QED) is 0.724. The molecule has 0 spiro atoms. The molecule has 0 saturated heterocycles. The minimum absolute atomic E-state index is 0.0477. The third-order valence-electron chi connectivity index (χ3n) is 3.99. The second-order valence-electron chi connectivity index (χ2n) is 5.78. The SMILES string of the molecule is N#Cc1cccc(CNC(=O)CCn2[nH]c(=O)c3ccccc3c2=O)c1. The molecule has 3 aromatic rings. The lowest BCUT2D eigenvalue weighted by atomic mass is 10.1. The van der Waals surface area contributed by atoms with E-state index >= 15 is 0 Å². The van der Waals surface area contributed by atoms with Gasteiger partial charge in [0.25, 0.3) is 11.1 Å². The van der Waals surface area contributed by atoms with Gasteiger partial charge < -0.3 is 5.32 Å². The number of nitriles is 1. The highest BCUT2D eigenvalue weighted by atomic mass is 16.2. The Balaban J connectivity index is 1.65. The third kappa shape index (κ3) is 3.70. The first-order chi connectivity index (χ1) is 12.6. The van der Waals surface area contributed by atoms with Gasteiger partial charge in [-0.1, -0.05) is 24.3 Å². The maximum atomic E-state index is 12.4. The minimum Gasteiger partial charge on any atom is -0.352 e. The van der Waals surface area contributed by atoms with E-state index in [0.29, 0.717) is 16.3 Å². The van der Waals surface area contributed by atoms with Gasteiger partial charge in [-0.15, -0.1) is 0 Å². The number of carbonyl (C=O) groups excluding carboxylic acids is 1. The van der Waals surface area contributed by atoms with Crippen LogP contribution in [-0.4, -0.2) is 15.7 Å². The topological polar surface area (TPSA) is 108 Å². The summed E-state index contributed by atoms with van der Waals surface area (Å²) in [7, 11) is 0. The molecule has 0 aliphatic rings. The Morgan fingerprint density at radius 1 is 1.12 bits per heavy atom. The molecule has 26 heavy (non-hydrogen) atoms. The Morgan fingerprint density at radius 3 is 2.65 bits per heavy atom. The average Bonchev–Trinajstić information content (AvgIpc) is 2.68. The van der Waals surface area contributed by atoms with Gasteiger partial charge in [0.15, 0.2) is 0 Å². The van der Waals surface area contributed by atoms with Crippen molar-refractivity contribution in [1.29, 1.82) is 5.26 Å². The van der Waals surface area contributed by atoms with Crippen molar-refractivity contribution >= 4 is 16.7 Å². The number of aromatic nitrogens is 2. The van der Waals surface area contributed by atoms with Crippen LogP contribution in [0.15, 0.2) is 58.1 Å². The van der Waals surface area contributed by atoms with E-state index in [1.165, 1.54) is 0 Å². The number of rotatable bonds is 5. The molecular weight excluding hydrogens is 332 g/mol. The van der Waals surface area contributed by atoms with Gasteiger partial charge in [0.2, 0.25) is 5.91 Å². The summed E-state index contributed by atoms with van der Waals surface area (Å²) in [6.45, 7) is 0.362.